The Kier molecular flexibility index (Phi) is 4.84. The fraction of sp³-hybridized carbons (Fsp3) is 0.250. The summed E-state index contributed by atoms with van der Waals surface area (Å²) in [5, 5.41) is 3.18. The first-order valence-corrected chi connectivity index (χ1v) is 9.28. The van der Waals surface area contributed by atoms with Gasteiger partial charge in [0.2, 0.25) is 15.9 Å². The van der Waals surface area contributed by atoms with Gasteiger partial charge < -0.3 is 5.32 Å². The molecule has 1 N–H and O–H groups in total. The van der Waals surface area contributed by atoms with Gasteiger partial charge in [0.05, 0.1) is 16.8 Å². The average Bonchev–Trinajstić information content (AvgIpc) is 3.07. The van der Waals surface area contributed by atoms with Gasteiger partial charge in [-0.25, -0.2) is 8.42 Å². The maximum atomic E-state index is 12.8. The van der Waals surface area contributed by atoms with Gasteiger partial charge in [0, 0.05) is 17.8 Å². The number of rotatable bonds is 4. The molecular formula is C16H16ClN3O3S. The van der Waals surface area contributed by atoms with Crippen molar-refractivity contribution < 1.29 is 13.2 Å². The van der Waals surface area contributed by atoms with E-state index in [0.29, 0.717) is 30.1 Å². The third-order valence-electron chi connectivity index (χ3n) is 3.86. The molecule has 0 saturated carbocycles. The van der Waals surface area contributed by atoms with Crippen LogP contribution < -0.4 is 5.32 Å². The third kappa shape index (κ3) is 3.43. The third-order valence-corrected chi connectivity index (χ3v) is 6.03. The highest BCUT2D eigenvalue weighted by Gasteiger charge is 2.39. The van der Waals surface area contributed by atoms with Crippen molar-refractivity contribution in [2.45, 2.75) is 23.8 Å². The summed E-state index contributed by atoms with van der Waals surface area (Å²) in [6.07, 6.45) is 4.24. The molecule has 0 aliphatic carbocycles. The predicted octanol–water partition coefficient (Wildman–Crippen LogP) is 2.53. The van der Waals surface area contributed by atoms with E-state index in [1.54, 1.807) is 18.3 Å². The Balaban J connectivity index is 1.82. The van der Waals surface area contributed by atoms with Gasteiger partial charge in [-0.1, -0.05) is 11.6 Å². The summed E-state index contributed by atoms with van der Waals surface area (Å²) in [6.45, 7) is 0.316. The lowest BCUT2D eigenvalue weighted by atomic mass is 10.2. The van der Waals surface area contributed by atoms with Gasteiger partial charge in [-0.2, -0.15) is 4.31 Å². The molecule has 3 rings (SSSR count). The topological polar surface area (TPSA) is 79.4 Å². The molecule has 1 amide bonds. The second kappa shape index (κ2) is 6.88. The lowest BCUT2D eigenvalue weighted by Gasteiger charge is -2.23. The Bertz CT molecular complexity index is 825. The summed E-state index contributed by atoms with van der Waals surface area (Å²) in [7, 11) is -3.74. The smallest absolute Gasteiger partial charge is 0.243 e. The second-order valence-corrected chi connectivity index (χ2v) is 7.79. The number of hydrogen-bond donors (Lipinski definition) is 1. The standard InChI is InChI=1S/C16H16ClN3O3S/c17-12-5-7-14(8-6-12)24(22,23)20-10-2-4-15(20)16(21)19-13-3-1-9-18-11-13/h1,3,5-9,11,15H,2,4,10H2,(H,19,21). The number of halogens is 1. The van der Waals surface area contributed by atoms with Crippen LogP contribution in [0.2, 0.25) is 5.02 Å². The van der Waals surface area contributed by atoms with Crippen molar-refractivity contribution in [3.05, 3.63) is 53.8 Å². The molecular weight excluding hydrogens is 350 g/mol. The summed E-state index contributed by atoms with van der Waals surface area (Å²) < 4.78 is 26.9. The van der Waals surface area contributed by atoms with E-state index in [4.69, 9.17) is 11.6 Å². The van der Waals surface area contributed by atoms with E-state index in [1.165, 1.54) is 34.8 Å². The number of aromatic nitrogens is 1. The van der Waals surface area contributed by atoms with Crippen LogP contribution in [0.5, 0.6) is 0 Å². The summed E-state index contributed by atoms with van der Waals surface area (Å²) in [6, 6.07) is 8.62. The molecule has 6 nitrogen and oxygen atoms in total. The van der Waals surface area contributed by atoms with E-state index in [1.807, 2.05) is 0 Å². The molecule has 2 aromatic rings. The van der Waals surface area contributed by atoms with E-state index < -0.39 is 16.1 Å². The normalized spacial score (nSPS) is 18.5. The molecule has 24 heavy (non-hydrogen) atoms. The van der Waals surface area contributed by atoms with E-state index in [2.05, 4.69) is 10.3 Å². The zero-order chi connectivity index (χ0) is 17.2. The first-order valence-electron chi connectivity index (χ1n) is 7.47. The Hall–Kier alpha value is -1.96. The van der Waals surface area contributed by atoms with Crippen LogP contribution in [0.1, 0.15) is 12.8 Å². The van der Waals surface area contributed by atoms with Gasteiger partial charge >= 0.3 is 0 Å². The van der Waals surface area contributed by atoms with Crippen LogP contribution >= 0.6 is 11.6 Å². The van der Waals surface area contributed by atoms with Crippen LogP contribution in [0.4, 0.5) is 5.69 Å². The SMILES string of the molecule is O=C(Nc1cccnc1)C1CCCN1S(=O)(=O)c1ccc(Cl)cc1. The Morgan fingerprint density at radius 2 is 2.00 bits per heavy atom. The van der Waals surface area contributed by atoms with E-state index in [0.717, 1.165) is 0 Å². The molecule has 126 valence electrons. The highest BCUT2D eigenvalue weighted by molar-refractivity contribution is 7.89. The number of nitrogens with one attached hydrogen (secondary N) is 1. The number of carbonyl (C=O) groups excluding carboxylic acids is 1. The van der Waals surface area contributed by atoms with Crippen LogP contribution in [0.3, 0.4) is 0 Å². The van der Waals surface area contributed by atoms with Crippen molar-refractivity contribution in [1.29, 1.82) is 0 Å². The zero-order valence-corrected chi connectivity index (χ0v) is 14.3. The van der Waals surface area contributed by atoms with Gasteiger partial charge in [-0.15, -0.1) is 0 Å². The molecule has 8 heteroatoms. The molecule has 2 heterocycles. The predicted molar refractivity (Wildman–Crippen MR) is 91.2 cm³/mol. The molecule has 0 bridgehead atoms. The van der Waals surface area contributed by atoms with E-state index in [9.17, 15) is 13.2 Å². The summed E-state index contributed by atoms with van der Waals surface area (Å²) >= 11 is 5.81. The number of sulfonamides is 1. The first-order chi connectivity index (χ1) is 11.5. The molecule has 1 unspecified atom stereocenters. The summed E-state index contributed by atoms with van der Waals surface area (Å²) in [5.41, 5.74) is 0.540. The van der Waals surface area contributed by atoms with Crippen LogP contribution in [-0.2, 0) is 14.8 Å². The van der Waals surface area contributed by atoms with Gasteiger partial charge in [0.15, 0.2) is 0 Å². The highest BCUT2D eigenvalue weighted by atomic mass is 35.5. The molecule has 1 aliphatic rings. The van der Waals surface area contributed by atoms with Crippen molar-refractivity contribution in [1.82, 2.24) is 9.29 Å². The lowest BCUT2D eigenvalue weighted by Crippen LogP contribution is -2.43. The Morgan fingerprint density at radius 1 is 1.25 bits per heavy atom. The number of amides is 1. The number of anilines is 1. The molecule has 1 saturated heterocycles. The van der Waals surface area contributed by atoms with Crippen molar-refractivity contribution in [2.24, 2.45) is 0 Å². The highest BCUT2D eigenvalue weighted by Crippen LogP contribution is 2.27. The van der Waals surface area contributed by atoms with Crippen molar-refractivity contribution in [3.8, 4) is 0 Å². The first kappa shape index (κ1) is 16.9. The number of pyridine rings is 1. The minimum atomic E-state index is -3.74. The lowest BCUT2D eigenvalue weighted by molar-refractivity contribution is -0.119. The minimum Gasteiger partial charge on any atom is -0.323 e. The zero-order valence-electron chi connectivity index (χ0n) is 12.7. The van der Waals surface area contributed by atoms with Crippen LogP contribution in [-0.4, -0.2) is 36.2 Å². The van der Waals surface area contributed by atoms with E-state index in [-0.39, 0.29) is 10.8 Å². The quantitative estimate of drug-likeness (QED) is 0.902. The summed E-state index contributed by atoms with van der Waals surface area (Å²) in [4.78, 5) is 16.6. The number of nitrogens with zero attached hydrogens (tertiary/aromatic N) is 2. The number of hydrogen-bond acceptors (Lipinski definition) is 4. The van der Waals surface area contributed by atoms with Crippen LogP contribution in [0.25, 0.3) is 0 Å². The van der Waals surface area contributed by atoms with Gasteiger partial charge in [-0.3, -0.25) is 9.78 Å². The maximum Gasteiger partial charge on any atom is 0.243 e. The second-order valence-electron chi connectivity index (χ2n) is 5.46. The number of carbonyl (C=O) groups is 1. The molecule has 0 spiro atoms. The van der Waals surface area contributed by atoms with Gasteiger partial charge in [-0.05, 0) is 49.2 Å². The van der Waals surface area contributed by atoms with Gasteiger partial charge in [0.25, 0.3) is 0 Å². The van der Waals surface area contributed by atoms with E-state index >= 15 is 0 Å². The van der Waals surface area contributed by atoms with Gasteiger partial charge in [0.1, 0.15) is 6.04 Å². The van der Waals surface area contributed by atoms with Crippen LogP contribution in [0, 0.1) is 0 Å². The van der Waals surface area contributed by atoms with Crippen LogP contribution in [0.15, 0.2) is 53.7 Å². The monoisotopic (exact) mass is 365 g/mol. The average molecular weight is 366 g/mol. The minimum absolute atomic E-state index is 0.132. The molecule has 1 aromatic heterocycles. The molecule has 1 aromatic carbocycles. The number of benzene rings is 1. The Morgan fingerprint density at radius 3 is 2.67 bits per heavy atom. The molecule has 1 atom stereocenters. The summed E-state index contributed by atoms with van der Waals surface area (Å²) in [5.74, 6) is -0.349. The molecule has 0 radical (unpaired) electrons. The van der Waals surface area contributed by atoms with Crippen molar-refractivity contribution in [2.75, 3.05) is 11.9 Å². The Labute approximate surface area is 145 Å². The van der Waals surface area contributed by atoms with Crippen molar-refractivity contribution >= 4 is 33.2 Å². The molecule has 1 aliphatic heterocycles. The van der Waals surface area contributed by atoms with Crippen molar-refractivity contribution in [3.63, 3.8) is 0 Å². The fourth-order valence-corrected chi connectivity index (χ4v) is 4.48. The maximum absolute atomic E-state index is 12.8. The fourth-order valence-electron chi connectivity index (χ4n) is 2.69. The molecule has 1 fully saturated rings. The largest absolute Gasteiger partial charge is 0.323 e.